The van der Waals surface area contributed by atoms with E-state index in [4.69, 9.17) is 0 Å². The van der Waals surface area contributed by atoms with E-state index >= 15 is 0 Å². The fraction of sp³-hybridized carbons (Fsp3) is 0.333. The topological polar surface area (TPSA) is 34.0 Å². The third kappa shape index (κ3) is 2.63. The summed E-state index contributed by atoms with van der Waals surface area (Å²) in [6, 6.07) is 0. The largest absolute Gasteiger partial charge is 0.373 e. The van der Waals surface area contributed by atoms with Crippen molar-refractivity contribution in [3.05, 3.63) is 30.8 Å². The standard InChI is InChI=1S/C9H14N4S/c1-4-5-6-12(2)7-8-10-11-9(14)13(8)3/h4-6H,1,7H2,2-3H3,(H,11,14)/b6-5-. The van der Waals surface area contributed by atoms with E-state index in [1.54, 1.807) is 6.08 Å². The lowest BCUT2D eigenvalue weighted by atomic mass is 10.5. The molecule has 0 radical (unpaired) electrons. The van der Waals surface area contributed by atoms with Gasteiger partial charge in [-0.3, -0.25) is 0 Å². The van der Waals surface area contributed by atoms with Crippen molar-refractivity contribution in [2.45, 2.75) is 11.7 Å². The Morgan fingerprint density at radius 2 is 2.29 bits per heavy atom. The first kappa shape index (κ1) is 10.8. The Bertz CT molecular complexity index is 343. The van der Waals surface area contributed by atoms with E-state index < -0.39 is 0 Å². The van der Waals surface area contributed by atoms with Crippen LogP contribution < -0.4 is 0 Å². The van der Waals surface area contributed by atoms with Gasteiger partial charge in [0.15, 0.2) is 11.0 Å². The molecule has 0 atom stereocenters. The molecule has 0 aromatic carbocycles. The van der Waals surface area contributed by atoms with Crippen LogP contribution in [0.25, 0.3) is 0 Å². The Morgan fingerprint density at radius 3 is 2.79 bits per heavy atom. The molecule has 0 saturated heterocycles. The van der Waals surface area contributed by atoms with E-state index in [-0.39, 0.29) is 0 Å². The smallest absolute Gasteiger partial charge is 0.187 e. The number of allylic oxidation sites excluding steroid dienone is 2. The highest BCUT2D eigenvalue weighted by Gasteiger charge is 2.05. The lowest BCUT2D eigenvalue weighted by Gasteiger charge is -2.12. The molecule has 0 unspecified atom stereocenters. The summed E-state index contributed by atoms with van der Waals surface area (Å²) < 4.78 is 1.85. The quantitative estimate of drug-likeness (QED) is 0.599. The molecule has 1 aromatic heterocycles. The summed E-state index contributed by atoms with van der Waals surface area (Å²) >= 11 is 4.15. The molecule has 0 aliphatic rings. The maximum atomic E-state index is 4.15. The molecule has 5 heteroatoms. The van der Waals surface area contributed by atoms with Gasteiger partial charge in [0.1, 0.15) is 0 Å². The molecule has 1 aromatic rings. The second kappa shape index (κ2) is 4.85. The van der Waals surface area contributed by atoms with Crippen molar-refractivity contribution in [1.82, 2.24) is 19.7 Å². The fourth-order valence-electron chi connectivity index (χ4n) is 0.973. The number of hydrogen-bond acceptors (Lipinski definition) is 4. The van der Waals surface area contributed by atoms with Crippen molar-refractivity contribution in [3.63, 3.8) is 0 Å². The average molecular weight is 210 g/mol. The van der Waals surface area contributed by atoms with Crippen molar-refractivity contribution in [3.8, 4) is 0 Å². The maximum absolute atomic E-state index is 4.15. The van der Waals surface area contributed by atoms with Crippen LogP contribution in [0.4, 0.5) is 0 Å². The van der Waals surface area contributed by atoms with E-state index in [1.807, 2.05) is 35.8 Å². The van der Waals surface area contributed by atoms with Crippen molar-refractivity contribution in [2.75, 3.05) is 7.05 Å². The highest BCUT2D eigenvalue weighted by molar-refractivity contribution is 7.80. The van der Waals surface area contributed by atoms with Crippen molar-refractivity contribution in [2.24, 2.45) is 7.05 Å². The molecule has 76 valence electrons. The first-order valence-corrected chi connectivity index (χ1v) is 4.66. The second-order valence-electron chi connectivity index (χ2n) is 2.97. The maximum Gasteiger partial charge on any atom is 0.187 e. The Kier molecular flexibility index (Phi) is 3.76. The third-order valence-corrected chi connectivity index (χ3v) is 2.20. The van der Waals surface area contributed by atoms with E-state index in [1.165, 1.54) is 0 Å². The molecule has 0 amide bonds. The Balaban J connectivity index is 2.64. The summed E-state index contributed by atoms with van der Waals surface area (Å²) in [6.07, 6.45) is 5.54. The monoisotopic (exact) mass is 210 g/mol. The first-order chi connectivity index (χ1) is 6.65. The van der Waals surface area contributed by atoms with Crippen LogP contribution in [0.2, 0.25) is 0 Å². The van der Waals surface area contributed by atoms with Gasteiger partial charge in [-0.05, 0) is 12.3 Å². The lowest BCUT2D eigenvalue weighted by Crippen LogP contribution is -2.13. The highest BCUT2D eigenvalue weighted by Crippen LogP contribution is 2.05. The molecule has 4 nitrogen and oxygen atoms in total. The molecule has 0 fully saturated rings. The van der Waals surface area contributed by atoms with E-state index in [0.29, 0.717) is 11.7 Å². The van der Waals surface area contributed by atoms with Gasteiger partial charge in [0.25, 0.3) is 0 Å². The second-order valence-corrected chi connectivity index (χ2v) is 3.37. The van der Waals surface area contributed by atoms with Gasteiger partial charge in [0.05, 0.1) is 6.54 Å². The molecule has 14 heavy (non-hydrogen) atoms. The van der Waals surface area contributed by atoms with E-state index in [0.717, 1.165) is 5.82 Å². The van der Waals surface area contributed by atoms with Crippen LogP contribution in [-0.4, -0.2) is 26.7 Å². The molecule has 1 rings (SSSR count). The summed E-state index contributed by atoms with van der Waals surface area (Å²) in [5, 5.41) is 8.48. The van der Waals surface area contributed by atoms with Crippen molar-refractivity contribution in [1.29, 1.82) is 0 Å². The minimum atomic E-state index is 0.626. The number of nitrogens with zero attached hydrogens (tertiary/aromatic N) is 4. The van der Waals surface area contributed by atoms with E-state index in [2.05, 4.69) is 29.4 Å². The van der Waals surface area contributed by atoms with Gasteiger partial charge in [-0.15, -0.1) is 22.8 Å². The number of thiol groups is 1. The minimum absolute atomic E-state index is 0.626. The summed E-state index contributed by atoms with van der Waals surface area (Å²) in [4.78, 5) is 2.00. The van der Waals surface area contributed by atoms with Crippen LogP contribution in [0, 0.1) is 0 Å². The number of hydrogen-bond donors (Lipinski definition) is 1. The molecule has 0 spiro atoms. The summed E-state index contributed by atoms with van der Waals surface area (Å²) in [7, 11) is 3.86. The van der Waals surface area contributed by atoms with Gasteiger partial charge in [0.2, 0.25) is 0 Å². The molecular formula is C9H14N4S. The lowest BCUT2D eigenvalue weighted by molar-refractivity contribution is 0.426. The van der Waals surface area contributed by atoms with Gasteiger partial charge in [-0.2, -0.15) is 0 Å². The molecule has 0 aliphatic carbocycles. The van der Waals surface area contributed by atoms with Crippen LogP contribution in [0.15, 0.2) is 30.1 Å². The first-order valence-electron chi connectivity index (χ1n) is 4.22. The molecular weight excluding hydrogens is 196 g/mol. The van der Waals surface area contributed by atoms with Gasteiger partial charge in [0, 0.05) is 14.1 Å². The van der Waals surface area contributed by atoms with Crippen molar-refractivity contribution < 1.29 is 0 Å². The third-order valence-electron chi connectivity index (χ3n) is 1.81. The van der Waals surface area contributed by atoms with Crippen LogP contribution in [-0.2, 0) is 13.6 Å². The predicted octanol–water partition coefficient (Wildman–Crippen LogP) is 1.24. The Labute approximate surface area is 89.3 Å². The summed E-state index contributed by atoms with van der Waals surface area (Å²) in [5.74, 6) is 0.881. The number of aromatic nitrogens is 3. The number of rotatable bonds is 4. The predicted molar refractivity (Wildman–Crippen MR) is 59.1 cm³/mol. The SMILES string of the molecule is C=C/C=C\N(C)Cc1nnc(S)n1C. The normalized spacial score (nSPS) is 10.8. The fourth-order valence-corrected chi connectivity index (χ4v) is 1.13. The zero-order valence-corrected chi connectivity index (χ0v) is 9.28. The zero-order valence-electron chi connectivity index (χ0n) is 8.38. The van der Waals surface area contributed by atoms with Crippen LogP contribution >= 0.6 is 12.6 Å². The van der Waals surface area contributed by atoms with Crippen LogP contribution in [0.3, 0.4) is 0 Å². The minimum Gasteiger partial charge on any atom is -0.373 e. The van der Waals surface area contributed by atoms with Gasteiger partial charge >= 0.3 is 0 Å². The van der Waals surface area contributed by atoms with Crippen LogP contribution in [0.1, 0.15) is 5.82 Å². The van der Waals surface area contributed by atoms with Crippen LogP contribution in [0.5, 0.6) is 0 Å². The molecule has 1 heterocycles. The average Bonchev–Trinajstić information content (AvgIpc) is 2.46. The summed E-state index contributed by atoms with van der Waals surface area (Å²) in [6.45, 7) is 4.31. The van der Waals surface area contributed by atoms with Gasteiger partial charge in [-0.1, -0.05) is 12.7 Å². The van der Waals surface area contributed by atoms with Crippen molar-refractivity contribution >= 4 is 12.6 Å². The molecule has 0 aliphatic heterocycles. The highest BCUT2D eigenvalue weighted by atomic mass is 32.1. The molecule has 0 saturated carbocycles. The summed E-state index contributed by atoms with van der Waals surface area (Å²) in [5.41, 5.74) is 0. The zero-order chi connectivity index (χ0) is 10.6. The Hall–Kier alpha value is -1.23. The van der Waals surface area contributed by atoms with Gasteiger partial charge in [-0.25, -0.2) is 0 Å². The molecule has 0 N–H and O–H groups in total. The molecule has 0 bridgehead atoms. The van der Waals surface area contributed by atoms with E-state index in [9.17, 15) is 0 Å². The Morgan fingerprint density at radius 1 is 1.57 bits per heavy atom. The van der Waals surface area contributed by atoms with Gasteiger partial charge < -0.3 is 9.47 Å².